The van der Waals surface area contributed by atoms with Crippen LogP contribution in [0.15, 0.2) is 18.2 Å². The molecule has 0 heterocycles. The molecule has 2 atom stereocenters. The molecule has 1 fully saturated rings. The summed E-state index contributed by atoms with van der Waals surface area (Å²) in [5.74, 6) is -2.78. The summed E-state index contributed by atoms with van der Waals surface area (Å²) in [5, 5.41) is 0. The molecule has 2 aliphatic carbocycles. The lowest BCUT2D eigenvalue weighted by molar-refractivity contribution is -0.184. The van der Waals surface area contributed by atoms with Crippen molar-refractivity contribution in [2.24, 2.45) is 11.3 Å². The van der Waals surface area contributed by atoms with Crippen LogP contribution in [0.4, 0.5) is 4.39 Å². The first-order valence-corrected chi connectivity index (χ1v) is 6.95. The van der Waals surface area contributed by atoms with Gasteiger partial charge in [0.15, 0.2) is 11.2 Å². The molecular formula is C16H15FO5. The Balaban J connectivity index is 2.16. The largest absolute Gasteiger partial charge is 0.468 e. The summed E-state index contributed by atoms with van der Waals surface area (Å²) in [7, 11) is 2.39. The van der Waals surface area contributed by atoms with Crippen LogP contribution < -0.4 is 0 Å². The Hall–Kier alpha value is -2.24. The molecule has 116 valence electrons. The normalized spacial score (nSPS) is 24.6. The van der Waals surface area contributed by atoms with Gasteiger partial charge in [-0.3, -0.25) is 14.4 Å². The third-order valence-electron chi connectivity index (χ3n) is 4.78. The van der Waals surface area contributed by atoms with Crippen LogP contribution in [0.5, 0.6) is 0 Å². The number of ether oxygens (including phenoxy) is 2. The molecule has 1 saturated carbocycles. The average Bonchev–Trinajstić information content (AvgIpc) is 2.48. The van der Waals surface area contributed by atoms with Crippen molar-refractivity contribution in [1.82, 2.24) is 0 Å². The average molecular weight is 306 g/mol. The van der Waals surface area contributed by atoms with E-state index in [0.717, 1.165) is 0 Å². The Kier molecular flexibility index (Phi) is 3.27. The number of hydrogen-bond donors (Lipinski definition) is 0. The van der Waals surface area contributed by atoms with Crippen LogP contribution in [0.3, 0.4) is 0 Å². The van der Waals surface area contributed by atoms with Gasteiger partial charge in [-0.1, -0.05) is 0 Å². The first-order valence-electron chi connectivity index (χ1n) is 6.95. The van der Waals surface area contributed by atoms with Gasteiger partial charge in [-0.25, -0.2) is 4.39 Å². The van der Waals surface area contributed by atoms with Crippen LogP contribution in [0, 0.1) is 17.2 Å². The van der Waals surface area contributed by atoms with Crippen molar-refractivity contribution in [1.29, 1.82) is 0 Å². The highest BCUT2D eigenvalue weighted by atomic mass is 19.1. The zero-order valence-electron chi connectivity index (χ0n) is 12.2. The second kappa shape index (κ2) is 4.90. The highest BCUT2D eigenvalue weighted by Crippen LogP contribution is 2.62. The number of carbonyl (C=O) groups is 3. The van der Waals surface area contributed by atoms with Gasteiger partial charge in [0.25, 0.3) is 0 Å². The zero-order chi connectivity index (χ0) is 16.1. The monoisotopic (exact) mass is 306 g/mol. The van der Waals surface area contributed by atoms with Crippen molar-refractivity contribution in [3.05, 3.63) is 35.1 Å². The number of esters is 2. The van der Waals surface area contributed by atoms with E-state index >= 15 is 0 Å². The molecule has 6 heteroatoms. The quantitative estimate of drug-likeness (QED) is 0.616. The fourth-order valence-corrected chi connectivity index (χ4v) is 3.87. The highest BCUT2D eigenvalue weighted by molar-refractivity contribution is 6.06. The van der Waals surface area contributed by atoms with Gasteiger partial charge < -0.3 is 9.47 Å². The number of ketones is 1. The Morgan fingerprint density at radius 2 is 1.86 bits per heavy atom. The summed E-state index contributed by atoms with van der Waals surface area (Å²) in [6, 6.07) is 3.83. The second-order valence-corrected chi connectivity index (χ2v) is 5.76. The molecule has 2 aliphatic rings. The van der Waals surface area contributed by atoms with Crippen molar-refractivity contribution >= 4 is 17.7 Å². The number of halogens is 1. The van der Waals surface area contributed by atoms with E-state index in [1.54, 1.807) is 0 Å². The summed E-state index contributed by atoms with van der Waals surface area (Å²) < 4.78 is 23.2. The third kappa shape index (κ3) is 1.73. The van der Waals surface area contributed by atoms with Crippen molar-refractivity contribution in [2.75, 3.05) is 14.2 Å². The Bertz CT molecular complexity index is 665. The summed E-state index contributed by atoms with van der Waals surface area (Å²) in [4.78, 5) is 36.6. The fourth-order valence-electron chi connectivity index (χ4n) is 3.87. The molecule has 0 bridgehead atoms. The summed E-state index contributed by atoms with van der Waals surface area (Å²) >= 11 is 0. The van der Waals surface area contributed by atoms with Crippen molar-refractivity contribution in [2.45, 2.75) is 18.8 Å². The number of carbonyl (C=O) groups excluding carboxylic acids is 3. The van der Waals surface area contributed by atoms with Gasteiger partial charge in [-0.05, 0) is 36.1 Å². The maximum Gasteiger partial charge on any atom is 0.323 e. The third-order valence-corrected chi connectivity index (χ3v) is 4.78. The van der Waals surface area contributed by atoms with Gasteiger partial charge >= 0.3 is 11.9 Å². The first kappa shape index (κ1) is 14.7. The van der Waals surface area contributed by atoms with Gasteiger partial charge in [0.1, 0.15) is 5.82 Å². The zero-order valence-corrected chi connectivity index (χ0v) is 12.2. The number of methoxy groups -OCH3 is 2. The summed E-state index contributed by atoms with van der Waals surface area (Å²) in [6.45, 7) is 0. The smallest absolute Gasteiger partial charge is 0.323 e. The topological polar surface area (TPSA) is 69.7 Å². The van der Waals surface area contributed by atoms with Gasteiger partial charge in [0, 0.05) is 17.9 Å². The molecule has 2 unspecified atom stereocenters. The van der Waals surface area contributed by atoms with E-state index in [1.165, 1.54) is 32.4 Å². The number of benzene rings is 1. The van der Waals surface area contributed by atoms with Crippen molar-refractivity contribution in [3.8, 4) is 0 Å². The van der Waals surface area contributed by atoms with Gasteiger partial charge in [-0.15, -0.1) is 0 Å². The minimum absolute atomic E-state index is 0.0976. The van der Waals surface area contributed by atoms with E-state index in [4.69, 9.17) is 9.47 Å². The van der Waals surface area contributed by atoms with Crippen LogP contribution >= 0.6 is 0 Å². The molecule has 0 saturated heterocycles. The van der Waals surface area contributed by atoms with E-state index in [1.807, 2.05) is 0 Å². The SMILES string of the molecule is COC(=O)C1(C(=O)OC)CC2CC(=O)c3ccc(F)cc3C21. The Morgan fingerprint density at radius 1 is 1.23 bits per heavy atom. The van der Waals surface area contributed by atoms with E-state index in [9.17, 15) is 18.8 Å². The van der Waals surface area contributed by atoms with Gasteiger partial charge in [0.2, 0.25) is 0 Å². The fraction of sp³-hybridized carbons (Fsp3) is 0.438. The molecule has 0 spiro atoms. The van der Waals surface area contributed by atoms with E-state index in [0.29, 0.717) is 11.1 Å². The number of fused-ring (bicyclic) bond motifs is 3. The maximum atomic E-state index is 13.6. The number of hydrogen-bond acceptors (Lipinski definition) is 5. The van der Waals surface area contributed by atoms with Gasteiger partial charge in [0.05, 0.1) is 14.2 Å². The summed E-state index contributed by atoms with van der Waals surface area (Å²) in [6.07, 6.45) is 0.414. The lowest BCUT2D eigenvalue weighted by Crippen LogP contribution is -2.59. The van der Waals surface area contributed by atoms with E-state index in [-0.39, 0.29) is 24.5 Å². The predicted octanol–water partition coefficient (Wildman–Crippen LogP) is 1.85. The molecule has 1 aromatic rings. The predicted molar refractivity (Wildman–Crippen MR) is 72.7 cm³/mol. The Labute approximate surface area is 126 Å². The molecule has 3 rings (SSSR count). The molecular weight excluding hydrogens is 291 g/mol. The Morgan fingerprint density at radius 3 is 2.45 bits per heavy atom. The number of rotatable bonds is 2. The van der Waals surface area contributed by atoms with Crippen molar-refractivity contribution in [3.63, 3.8) is 0 Å². The van der Waals surface area contributed by atoms with Gasteiger partial charge in [-0.2, -0.15) is 0 Å². The number of Topliss-reactive ketones (excluding diaryl/α,β-unsaturated/α-hetero) is 1. The van der Waals surface area contributed by atoms with E-state index < -0.39 is 29.1 Å². The molecule has 0 amide bonds. The van der Waals surface area contributed by atoms with E-state index in [2.05, 4.69) is 0 Å². The molecule has 1 aromatic carbocycles. The van der Waals surface area contributed by atoms with Crippen LogP contribution in [-0.4, -0.2) is 31.9 Å². The molecule has 0 N–H and O–H groups in total. The first-order chi connectivity index (χ1) is 10.5. The lowest BCUT2D eigenvalue weighted by Gasteiger charge is -2.53. The highest BCUT2D eigenvalue weighted by Gasteiger charge is 2.67. The molecule has 0 aromatic heterocycles. The van der Waals surface area contributed by atoms with Crippen LogP contribution in [0.1, 0.15) is 34.7 Å². The second-order valence-electron chi connectivity index (χ2n) is 5.76. The lowest BCUT2D eigenvalue weighted by atomic mass is 9.48. The summed E-state index contributed by atoms with van der Waals surface area (Å²) in [5.41, 5.74) is -0.736. The van der Waals surface area contributed by atoms with Crippen molar-refractivity contribution < 1.29 is 28.2 Å². The van der Waals surface area contributed by atoms with Crippen LogP contribution in [0.25, 0.3) is 0 Å². The molecule has 0 radical (unpaired) electrons. The van der Waals surface area contributed by atoms with Crippen LogP contribution in [0.2, 0.25) is 0 Å². The standard InChI is InChI=1S/C16H15FO5/c1-21-14(19)16(15(20)22-2)7-8-5-12(18)10-4-3-9(17)6-11(10)13(8)16/h3-4,6,8,13H,5,7H2,1-2H3. The molecule has 5 nitrogen and oxygen atoms in total. The molecule has 22 heavy (non-hydrogen) atoms. The minimum atomic E-state index is -1.49. The minimum Gasteiger partial charge on any atom is -0.468 e. The van der Waals surface area contributed by atoms with Crippen LogP contribution in [-0.2, 0) is 19.1 Å². The maximum absolute atomic E-state index is 13.6. The molecule has 0 aliphatic heterocycles.